The molecule has 114 valence electrons. The molecule has 4 nitrogen and oxygen atoms in total. The van der Waals surface area contributed by atoms with E-state index in [1.165, 1.54) is 7.11 Å². The molecule has 1 aromatic carbocycles. The lowest BCUT2D eigenvalue weighted by Gasteiger charge is -2.36. The molecule has 1 amide bonds. The molecule has 21 heavy (non-hydrogen) atoms. The Labute approximate surface area is 133 Å². The van der Waals surface area contributed by atoms with Crippen LogP contribution in [0.4, 0.5) is 0 Å². The molecule has 0 bridgehead atoms. The first-order chi connectivity index (χ1) is 10.1. The molecule has 6 heteroatoms. The highest BCUT2D eigenvalue weighted by atomic mass is 35.5. The lowest BCUT2D eigenvalue weighted by atomic mass is 10.1. The maximum atomic E-state index is 12.4. The summed E-state index contributed by atoms with van der Waals surface area (Å²) in [4.78, 5) is 25.4. The van der Waals surface area contributed by atoms with Gasteiger partial charge in [-0.15, -0.1) is 0 Å². The zero-order valence-corrected chi connectivity index (χ0v) is 13.5. The van der Waals surface area contributed by atoms with Crippen LogP contribution in [0.15, 0.2) is 24.3 Å². The van der Waals surface area contributed by atoms with Crippen LogP contribution < -0.4 is 0 Å². The smallest absolute Gasteiger partial charge is 0.306 e. The quantitative estimate of drug-likeness (QED) is 0.798. The number of methoxy groups -OCH3 is 1. The Morgan fingerprint density at radius 1 is 1.33 bits per heavy atom. The Hall–Kier alpha value is -1.20. The number of carbonyl (C=O) groups is 2. The fourth-order valence-electron chi connectivity index (χ4n) is 2.32. The van der Waals surface area contributed by atoms with E-state index in [0.717, 1.165) is 17.1 Å². The van der Waals surface area contributed by atoms with Gasteiger partial charge in [0.25, 0.3) is 0 Å². The number of esters is 1. The van der Waals surface area contributed by atoms with Crippen LogP contribution in [0.25, 0.3) is 0 Å². The van der Waals surface area contributed by atoms with Crippen molar-refractivity contribution in [3.8, 4) is 0 Å². The average molecular weight is 328 g/mol. The minimum atomic E-state index is -0.349. The summed E-state index contributed by atoms with van der Waals surface area (Å²) in [7, 11) is 1.33. The van der Waals surface area contributed by atoms with E-state index < -0.39 is 0 Å². The van der Waals surface area contributed by atoms with Gasteiger partial charge in [0.1, 0.15) is 0 Å². The molecule has 0 N–H and O–H groups in total. The second kappa shape index (κ2) is 7.71. The van der Waals surface area contributed by atoms with Crippen molar-refractivity contribution in [3.05, 3.63) is 34.9 Å². The number of ether oxygens (including phenoxy) is 1. The minimum absolute atomic E-state index is 0.000602. The van der Waals surface area contributed by atoms with Crippen LogP contribution in [-0.2, 0) is 14.3 Å². The lowest BCUT2D eigenvalue weighted by molar-refractivity contribution is -0.144. The Balaban J connectivity index is 2.06. The van der Waals surface area contributed by atoms with Crippen LogP contribution in [0.3, 0.4) is 0 Å². The van der Waals surface area contributed by atoms with E-state index in [9.17, 15) is 9.59 Å². The van der Waals surface area contributed by atoms with Crippen molar-refractivity contribution in [2.75, 3.05) is 25.2 Å². The van der Waals surface area contributed by atoms with Crippen molar-refractivity contribution in [2.45, 2.75) is 18.9 Å². The number of hydrogen-bond acceptors (Lipinski definition) is 4. The topological polar surface area (TPSA) is 46.6 Å². The number of amides is 1. The standard InChI is InChI=1S/C15H18ClNO3S/c1-20-15(19)7-6-14(18)17-8-9-21-10-13(17)11-2-4-12(16)5-3-11/h2-5,13H,6-10H2,1H3/t13-/m0/s1. The van der Waals surface area contributed by atoms with Crippen molar-refractivity contribution in [1.82, 2.24) is 4.90 Å². The van der Waals surface area contributed by atoms with Crippen molar-refractivity contribution < 1.29 is 14.3 Å². The van der Waals surface area contributed by atoms with Gasteiger partial charge >= 0.3 is 5.97 Å². The molecular formula is C15H18ClNO3S. The van der Waals surface area contributed by atoms with Gasteiger partial charge in [-0.1, -0.05) is 23.7 Å². The zero-order valence-electron chi connectivity index (χ0n) is 11.9. The lowest BCUT2D eigenvalue weighted by Crippen LogP contribution is -2.40. The van der Waals surface area contributed by atoms with Crippen molar-refractivity contribution in [1.29, 1.82) is 0 Å². The first-order valence-corrected chi connectivity index (χ1v) is 8.34. The second-order valence-electron chi connectivity index (χ2n) is 4.81. The van der Waals surface area contributed by atoms with Gasteiger partial charge in [-0.25, -0.2) is 0 Å². The number of thioether (sulfide) groups is 1. The van der Waals surface area contributed by atoms with E-state index in [4.69, 9.17) is 11.6 Å². The maximum Gasteiger partial charge on any atom is 0.306 e. The van der Waals surface area contributed by atoms with E-state index in [1.807, 2.05) is 40.9 Å². The SMILES string of the molecule is COC(=O)CCC(=O)N1CCSC[C@H]1c1ccc(Cl)cc1. The molecular weight excluding hydrogens is 310 g/mol. The highest BCUT2D eigenvalue weighted by Crippen LogP contribution is 2.30. The van der Waals surface area contributed by atoms with Crippen LogP contribution in [0.5, 0.6) is 0 Å². The molecule has 1 atom stereocenters. The van der Waals surface area contributed by atoms with Crippen molar-refractivity contribution >= 4 is 35.2 Å². The zero-order chi connectivity index (χ0) is 15.2. The average Bonchev–Trinajstić information content (AvgIpc) is 2.53. The van der Waals surface area contributed by atoms with Gasteiger partial charge in [0.2, 0.25) is 5.91 Å². The maximum absolute atomic E-state index is 12.4. The summed E-state index contributed by atoms with van der Waals surface area (Å²) < 4.78 is 4.58. The third-order valence-corrected chi connectivity index (χ3v) is 4.75. The Kier molecular flexibility index (Phi) is 5.94. The highest BCUT2D eigenvalue weighted by molar-refractivity contribution is 7.99. The van der Waals surface area contributed by atoms with Gasteiger partial charge in [0.05, 0.1) is 19.6 Å². The molecule has 1 aromatic rings. The fraction of sp³-hybridized carbons (Fsp3) is 0.467. The first kappa shape index (κ1) is 16.2. The van der Waals surface area contributed by atoms with Crippen molar-refractivity contribution in [2.24, 2.45) is 0 Å². The largest absolute Gasteiger partial charge is 0.469 e. The molecule has 1 saturated heterocycles. The molecule has 0 aliphatic carbocycles. The number of benzene rings is 1. The normalized spacial score (nSPS) is 18.4. The Morgan fingerprint density at radius 2 is 2.05 bits per heavy atom. The van der Waals surface area contributed by atoms with E-state index in [1.54, 1.807) is 0 Å². The molecule has 2 rings (SSSR count). The van der Waals surface area contributed by atoms with Gasteiger partial charge in [-0.3, -0.25) is 9.59 Å². The van der Waals surface area contributed by atoms with E-state index in [-0.39, 0.29) is 30.8 Å². The molecule has 0 radical (unpaired) electrons. The molecule has 0 saturated carbocycles. The third-order valence-electron chi connectivity index (χ3n) is 3.47. The Bertz CT molecular complexity index is 506. The summed E-state index contributed by atoms with van der Waals surface area (Å²) in [5.74, 6) is 1.44. The van der Waals surface area contributed by atoms with Gasteiger partial charge in [0, 0.05) is 29.5 Å². The molecule has 0 unspecified atom stereocenters. The van der Waals surface area contributed by atoms with Crippen molar-refractivity contribution in [3.63, 3.8) is 0 Å². The first-order valence-electron chi connectivity index (χ1n) is 6.81. The summed E-state index contributed by atoms with van der Waals surface area (Å²) in [6.45, 7) is 0.706. The number of rotatable bonds is 4. The molecule has 0 aromatic heterocycles. The summed E-state index contributed by atoms with van der Waals surface area (Å²) in [5, 5.41) is 0.686. The Morgan fingerprint density at radius 3 is 2.71 bits per heavy atom. The molecule has 1 fully saturated rings. The predicted molar refractivity (Wildman–Crippen MR) is 84.5 cm³/mol. The number of hydrogen-bond donors (Lipinski definition) is 0. The number of carbonyl (C=O) groups excluding carboxylic acids is 2. The number of halogens is 1. The van der Waals surface area contributed by atoms with Crippen LogP contribution in [0, 0.1) is 0 Å². The van der Waals surface area contributed by atoms with Gasteiger partial charge in [-0.2, -0.15) is 11.8 Å². The van der Waals surface area contributed by atoms with E-state index >= 15 is 0 Å². The van der Waals surface area contributed by atoms with E-state index in [2.05, 4.69) is 4.74 Å². The summed E-state index contributed by atoms with van der Waals surface area (Å²) in [6.07, 6.45) is 0.327. The van der Waals surface area contributed by atoms with Crippen LogP contribution in [0.1, 0.15) is 24.4 Å². The van der Waals surface area contributed by atoms with E-state index in [0.29, 0.717) is 11.6 Å². The summed E-state index contributed by atoms with van der Waals surface area (Å²) in [5.41, 5.74) is 1.08. The highest BCUT2D eigenvalue weighted by Gasteiger charge is 2.28. The molecule has 1 aliphatic rings. The van der Waals surface area contributed by atoms with Crippen LogP contribution in [-0.4, -0.2) is 41.9 Å². The second-order valence-corrected chi connectivity index (χ2v) is 6.39. The van der Waals surface area contributed by atoms with Crippen LogP contribution >= 0.6 is 23.4 Å². The molecule has 1 aliphatic heterocycles. The van der Waals surface area contributed by atoms with Gasteiger partial charge in [-0.05, 0) is 17.7 Å². The summed E-state index contributed by atoms with van der Waals surface area (Å²) in [6, 6.07) is 7.64. The predicted octanol–water partition coefficient (Wildman–Crippen LogP) is 2.91. The summed E-state index contributed by atoms with van der Waals surface area (Å²) >= 11 is 7.75. The molecule has 0 spiro atoms. The van der Waals surface area contributed by atoms with Gasteiger partial charge in [0.15, 0.2) is 0 Å². The molecule has 1 heterocycles. The van der Waals surface area contributed by atoms with Gasteiger partial charge < -0.3 is 9.64 Å². The van der Waals surface area contributed by atoms with Crippen LogP contribution in [0.2, 0.25) is 5.02 Å². The number of nitrogens with zero attached hydrogens (tertiary/aromatic N) is 1. The monoisotopic (exact) mass is 327 g/mol. The fourth-order valence-corrected chi connectivity index (χ4v) is 3.53. The minimum Gasteiger partial charge on any atom is -0.469 e. The third kappa shape index (κ3) is 4.38.